The molecule has 0 amide bonds. The number of phenols is 4. The highest BCUT2D eigenvalue weighted by atomic mass is 16.7. The van der Waals surface area contributed by atoms with Gasteiger partial charge in [-0.1, -0.05) is 0 Å². The van der Waals surface area contributed by atoms with Gasteiger partial charge in [-0.15, -0.1) is 0 Å². The summed E-state index contributed by atoms with van der Waals surface area (Å²) in [5.74, 6) is -2.80. The first-order chi connectivity index (χ1) is 15.1. The molecule has 2 aromatic carbocycles. The van der Waals surface area contributed by atoms with Gasteiger partial charge in [0.25, 0.3) is 0 Å². The quantitative estimate of drug-likeness (QED) is 0.276. The van der Waals surface area contributed by atoms with Gasteiger partial charge in [0, 0.05) is 17.7 Å². The molecule has 32 heavy (non-hydrogen) atoms. The summed E-state index contributed by atoms with van der Waals surface area (Å²) < 4.78 is 16.6. The van der Waals surface area contributed by atoms with Gasteiger partial charge in [0.05, 0.1) is 6.10 Å². The molecule has 1 saturated heterocycles. The van der Waals surface area contributed by atoms with E-state index in [0.717, 1.165) is 24.3 Å². The average Bonchev–Trinajstić information content (AvgIpc) is 2.73. The minimum Gasteiger partial charge on any atom is -0.508 e. The van der Waals surface area contributed by atoms with Crippen LogP contribution in [0.3, 0.4) is 0 Å². The number of rotatable bonds is 3. The summed E-state index contributed by atoms with van der Waals surface area (Å²) in [6, 6.07) is 5.51. The van der Waals surface area contributed by atoms with Crippen LogP contribution in [0.1, 0.15) is 6.92 Å². The number of aliphatic hydroxyl groups is 3. The van der Waals surface area contributed by atoms with E-state index < -0.39 is 59.1 Å². The number of phenolic OH excluding ortho intramolecular Hbond substituents is 4. The van der Waals surface area contributed by atoms with Crippen molar-refractivity contribution >= 4 is 11.0 Å². The minimum atomic E-state index is -1.74. The zero-order valence-electron chi connectivity index (χ0n) is 16.5. The molecule has 11 nitrogen and oxygen atoms in total. The Hall–Kier alpha value is -3.51. The molecule has 5 atom stereocenters. The predicted molar refractivity (Wildman–Crippen MR) is 108 cm³/mol. The van der Waals surface area contributed by atoms with Gasteiger partial charge >= 0.3 is 0 Å². The van der Waals surface area contributed by atoms with E-state index in [0.29, 0.717) is 0 Å². The molecule has 1 aliphatic heterocycles. The van der Waals surface area contributed by atoms with Crippen LogP contribution in [0.15, 0.2) is 39.5 Å². The lowest BCUT2D eigenvalue weighted by atomic mass is 10.00. The van der Waals surface area contributed by atoms with E-state index >= 15 is 0 Å². The highest BCUT2D eigenvalue weighted by Gasteiger charge is 2.44. The fourth-order valence-electron chi connectivity index (χ4n) is 3.46. The van der Waals surface area contributed by atoms with Crippen LogP contribution in [0, 0.1) is 0 Å². The second-order valence-electron chi connectivity index (χ2n) is 7.43. The summed E-state index contributed by atoms with van der Waals surface area (Å²) in [7, 11) is 0. The zero-order chi connectivity index (χ0) is 23.3. The number of fused-ring (bicyclic) bond motifs is 1. The van der Waals surface area contributed by atoms with E-state index in [1.807, 2.05) is 0 Å². The Balaban J connectivity index is 1.92. The lowest BCUT2D eigenvalue weighted by Crippen LogP contribution is -2.58. The maximum Gasteiger partial charge on any atom is 0.239 e. The smallest absolute Gasteiger partial charge is 0.239 e. The molecule has 3 aromatic rings. The largest absolute Gasteiger partial charge is 0.508 e. The van der Waals surface area contributed by atoms with E-state index in [4.69, 9.17) is 13.9 Å². The van der Waals surface area contributed by atoms with E-state index in [2.05, 4.69) is 0 Å². The van der Waals surface area contributed by atoms with Gasteiger partial charge in [0.1, 0.15) is 40.8 Å². The van der Waals surface area contributed by atoms with Gasteiger partial charge in [0.15, 0.2) is 17.3 Å². The van der Waals surface area contributed by atoms with Crippen molar-refractivity contribution in [1.82, 2.24) is 0 Å². The van der Waals surface area contributed by atoms with Gasteiger partial charge in [-0.3, -0.25) is 4.79 Å². The van der Waals surface area contributed by atoms with Crippen LogP contribution in [-0.4, -0.2) is 66.5 Å². The van der Waals surface area contributed by atoms with Crippen LogP contribution in [-0.2, 0) is 4.74 Å². The second-order valence-corrected chi connectivity index (χ2v) is 7.43. The topological polar surface area (TPSA) is 190 Å². The molecule has 0 saturated carbocycles. The molecule has 0 bridgehead atoms. The summed E-state index contributed by atoms with van der Waals surface area (Å²) in [6.45, 7) is 1.42. The van der Waals surface area contributed by atoms with Crippen LogP contribution < -0.4 is 10.2 Å². The van der Waals surface area contributed by atoms with Gasteiger partial charge in [-0.05, 0) is 25.1 Å². The maximum atomic E-state index is 13.2. The molecule has 2 unspecified atom stereocenters. The number of hydrogen-bond acceptors (Lipinski definition) is 11. The van der Waals surface area contributed by atoms with Crippen LogP contribution in [0.4, 0.5) is 0 Å². The Morgan fingerprint density at radius 2 is 1.59 bits per heavy atom. The minimum absolute atomic E-state index is 0.0658. The first kappa shape index (κ1) is 21.7. The SMILES string of the molecule is C[C@@H]1OC(Oc2c(-c3ccc(O)c(O)c3)oc3cc(O)cc(O)c3c2=O)[C@H](O)[C@H](O)C1O. The van der Waals surface area contributed by atoms with Crippen molar-refractivity contribution < 1.29 is 49.6 Å². The summed E-state index contributed by atoms with van der Waals surface area (Å²) in [4.78, 5) is 13.2. The normalized spacial score (nSPS) is 25.7. The van der Waals surface area contributed by atoms with Crippen molar-refractivity contribution in [3.05, 3.63) is 40.6 Å². The number of benzene rings is 2. The molecule has 1 fully saturated rings. The van der Waals surface area contributed by atoms with Gasteiger partial charge in [-0.2, -0.15) is 0 Å². The van der Waals surface area contributed by atoms with Crippen molar-refractivity contribution in [3.8, 4) is 40.1 Å². The Bertz CT molecular complexity index is 1230. The number of aliphatic hydroxyl groups excluding tert-OH is 3. The third-order valence-electron chi connectivity index (χ3n) is 5.20. The lowest BCUT2D eigenvalue weighted by Gasteiger charge is -2.38. The molecular weight excluding hydrogens is 428 g/mol. The molecular formula is C21H20O11. The third kappa shape index (κ3) is 3.56. The van der Waals surface area contributed by atoms with E-state index in [9.17, 15) is 40.5 Å². The lowest BCUT2D eigenvalue weighted by molar-refractivity contribution is -0.268. The molecule has 0 spiro atoms. The van der Waals surface area contributed by atoms with Gasteiger partial charge in [0.2, 0.25) is 17.5 Å². The monoisotopic (exact) mass is 448 g/mol. The highest BCUT2D eigenvalue weighted by Crippen LogP contribution is 2.39. The van der Waals surface area contributed by atoms with Crippen molar-refractivity contribution in [1.29, 1.82) is 0 Å². The maximum absolute atomic E-state index is 13.2. The van der Waals surface area contributed by atoms with Crippen LogP contribution in [0.5, 0.6) is 28.7 Å². The highest BCUT2D eigenvalue weighted by molar-refractivity contribution is 5.88. The van der Waals surface area contributed by atoms with Crippen LogP contribution >= 0.6 is 0 Å². The Morgan fingerprint density at radius 3 is 2.28 bits per heavy atom. The zero-order valence-corrected chi connectivity index (χ0v) is 16.5. The fourth-order valence-corrected chi connectivity index (χ4v) is 3.46. The van der Waals surface area contributed by atoms with Crippen molar-refractivity contribution in [2.24, 2.45) is 0 Å². The van der Waals surface area contributed by atoms with Gasteiger partial charge < -0.3 is 49.6 Å². The summed E-state index contributed by atoms with van der Waals surface area (Å²) in [6.07, 6.45) is -7.35. The predicted octanol–water partition coefficient (Wildman–Crippen LogP) is 0.489. The number of aromatic hydroxyl groups is 4. The number of ether oxygens (including phenoxy) is 2. The second kappa shape index (κ2) is 7.88. The van der Waals surface area contributed by atoms with Crippen LogP contribution in [0.2, 0.25) is 0 Å². The molecule has 1 aromatic heterocycles. The fraction of sp³-hybridized carbons (Fsp3) is 0.286. The van der Waals surface area contributed by atoms with Crippen LogP contribution in [0.25, 0.3) is 22.3 Å². The van der Waals surface area contributed by atoms with Crippen molar-refractivity contribution in [2.75, 3.05) is 0 Å². The van der Waals surface area contributed by atoms with E-state index in [1.165, 1.54) is 13.0 Å². The first-order valence-corrected chi connectivity index (χ1v) is 9.50. The Morgan fingerprint density at radius 1 is 0.875 bits per heavy atom. The molecule has 170 valence electrons. The molecule has 4 rings (SSSR count). The Kier molecular flexibility index (Phi) is 5.34. The number of hydrogen-bond donors (Lipinski definition) is 7. The summed E-state index contributed by atoms with van der Waals surface area (Å²) in [5.41, 5.74) is -1.05. The third-order valence-corrected chi connectivity index (χ3v) is 5.20. The molecule has 1 aliphatic rings. The Labute approximate surface area is 179 Å². The molecule has 11 heteroatoms. The van der Waals surface area contributed by atoms with Crippen molar-refractivity contribution in [3.63, 3.8) is 0 Å². The average molecular weight is 448 g/mol. The van der Waals surface area contributed by atoms with E-state index in [1.54, 1.807) is 0 Å². The van der Waals surface area contributed by atoms with E-state index in [-0.39, 0.29) is 28.0 Å². The first-order valence-electron chi connectivity index (χ1n) is 9.50. The van der Waals surface area contributed by atoms with Crippen molar-refractivity contribution in [2.45, 2.75) is 37.6 Å². The molecule has 0 aliphatic carbocycles. The van der Waals surface area contributed by atoms with Gasteiger partial charge in [-0.25, -0.2) is 0 Å². The standard InChI is InChI=1S/C21H20O11/c1-7-15(26)17(28)18(29)21(30-7)32-20-16(27)14-12(25)5-9(22)6-13(14)31-19(20)8-2-3-10(23)11(24)4-8/h2-7,15,17-18,21-26,28-29H,1H3/t7-,15?,17+,18+,21?/m0/s1. The molecule has 7 N–H and O–H groups in total. The summed E-state index contributed by atoms with van der Waals surface area (Å²) >= 11 is 0. The summed E-state index contributed by atoms with van der Waals surface area (Å²) in [5, 5.41) is 69.2. The molecule has 0 radical (unpaired) electrons. The molecule has 2 heterocycles.